The van der Waals surface area contributed by atoms with E-state index >= 15 is 0 Å². The zero-order valence-corrected chi connectivity index (χ0v) is 14.2. The van der Waals surface area contributed by atoms with Gasteiger partial charge in [-0.05, 0) is 26.8 Å². The van der Waals surface area contributed by atoms with Crippen molar-refractivity contribution in [2.24, 2.45) is 0 Å². The van der Waals surface area contributed by atoms with Crippen molar-refractivity contribution in [1.82, 2.24) is 9.78 Å². The van der Waals surface area contributed by atoms with Gasteiger partial charge in [-0.3, -0.25) is 19.6 Å². The van der Waals surface area contributed by atoms with E-state index in [0.29, 0.717) is 5.76 Å². The number of nitrogens with zero attached hydrogens (tertiary/aromatic N) is 3. The van der Waals surface area contributed by atoms with Crippen LogP contribution in [0.15, 0.2) is 10.5 Å². The van der Waals surface area contributed by atoms with Gasteiger partial charge in [0.15, 0.2) is 0 Å². The van der Waals surface area contributed by atoms with Crippen molar-refractivity contribution in [3.05, 3.63) is 44.7 Å². The first kappa shape index (κ1) is 18.2. The quantitative estimate of drug-likeness (QED) is 0.438. The van der Waals surface area contributed by atoms with E-state index in [2.05, 4.69) is 9.84 Å². The number of esters is 2. The van der Waals surface area contributed by atoms with Crippen molar-refractivity contribution in [3.63, 3.8) is 0 Å². The Morgan fingerprint density at radius 2 is 2.04 bits per heavy atom. The molecule has 0 unspecified atom stereocenters. The third-order valence-corrected chi connectivity index (χ3v) is 3.55. The fourth-order valence-electron chi connectivity index (χ4n) is 2.35. The highest BCUT2D eigenvalue weighted by Gasteiger charge is 2.23. The highest BCUT2D eigenvalue weighted by atomic mass is 16.6. The second-order valence-electron chi connectivity index (χ2n) is 5.27. The van der Waals surface area contributed by atoms with Crippen LogP contribution in [0.4, 0.5) is 5.69 Å². The number of aryl methyl sites for hydroxylation is 2. The lowest BCUT2D eigenvalue weighted by atomic mass is 10.2. The molecule has 0 bridgehead atoms. The highest BCUT2D eigenvalue weighted by molar-refractivity contribution is 5.90. The lowest BCUT2D eigenvalue weighted by Crippen LogP contribution is -2.15. The minimum Gasteiger partial charge on any atom is -0.465 e. The van der Waals surface area contributed by atoms with Crippen LogP contribution in [0.2, 0.25) is 0 Å². The number of carbonyl (C=O) groups excluding carboxylic acids is 2. The van der Waals surface area contributed by atoms with Crippen molar-refractivity contribution >= 4 is 17.6 Å². The minimum atomic E-state index is -0.644. The molecule has 0 spiro atoms. The summed E-state index contributed by atoms with van der Waals surface area (Å²) in [6.45, 7) is 4.13. The molecule has 0 aliphatic rings. The van der Waals surface area contributed by atoms with E-state index in [1.165, 1.54) is 31.7 Å². The van der Waals surface area contributed by atoms with E-state index in [4.69, 9.17) is 9.15 Å². The maximum Gasteiger partial charge on any atom is 0.341 e. The summed E-state index contributed by atoms with van der Waals surface area (Å²) in [4.78, 5) is 33.8. The van der Waals surface area contributed by atoms with Gasteiger partial charge in [0.05, 0.1) is 12.0 Å². The number of methoxy groups -OCH3 is 1. The average Bonchev–Trinajstić information content (AvgIpc) is 3.04. The van der Waals surface area contributed by atoms with Gasteiger partial charge in [-0.25, -0.2) is 4.79 Å². The molecule has 0 aliphatic carbocycles. The minimum absolute atomic E-state index is 0.128. The van der Waals surface area contributed by atoms with Gasteiger partial charge in [-0.1, -0.05) is 0 Å². The van der Waals surface area contributed by atoms with E-state index in [1.54, 1.807) is 6.92 Å². The summed E-state index contributed by atoms with van der Waals surface area (Å²) in [5.41, 5.74) is 0.612. The summed E-state index contributed by atoms with van der Waals surface area (Å²) in [6.07, 6.45) is 0. The van der Waals surface area contributed by atoms with Crippen molar-refractivity contribution < 1.29 is 28.4 Å². The molecule has 0 aromatic carbocycles. The van der Waals surface area contributed by atoms with Gasteiger partial charge in [0.25, 0.3) is 0 Å². The molecule has 2 heterocycles. The summed E-state index contributed by atoms with van der Waals surface area (Å²) in [6, 6.07) is 1.43. The molecule has 2 aromatic rings. The lowest BCUT2D eigenvalue weighted by molar-refractivity contribution is -0.386. The Morgan fingerprint density at radius 1 is 1.36 bits per heavy atom. The Balaban J connectivity index is 2.01. The van der Waals surface area contributed by atoms with Crippen molar-refractivity contribution in [3.8, 4) is 0 Å². The van der Waals surface area contributed by atoms with Crippen molar-refractivity contribution in [2.45, 2.75) is 33.9 Å². The molecule has 0 saturated carbocycles. The van der Waals surface area contributed by atoms with Crippen LogP contribution in [-0.4, -0.2) is 33.8 Å². The number of hydrogen-bond acceptors (Lipinski definition) is 8. The largest absolute Gasteiger partial charge is 0.465 e. The maximum absolute atomic E-state index is 11.9. The molecule has 10 nitrogen and oxygen atoms in total. The molecule has 0 saturated heterocycles. The second kappa shape index (κ2) is 7.16. The Kier molecular flexibility index (Phi) is 5.20. The van der Waals surface area contributed by atoms with Crippen LogP contribution in [0, 0.1) is 30.9 Å². The molecule has 0 fully saturated rings. The smallest absolute Gasteiger partial charge is 0.341 e. The summed E-state index contributed by atoms with van der Waals surface area (Å²) in [7, 11) is 1.25. The predicted molar refractivity (Wildman–Crippen MR) is 82.9 cm³/mol. The number of rotatable bonds is 6. The number of carbonyl (C=O) groups is 2. The Hall–Kier alpha value is -3.17. The van der Waals surface area contributed by atoms with E-state index in [1.807, 2.05) is 0 Å². The van der Waals surface area contributed by atoms with E-state index in [9.17, 15) is 19.7 Å². The van der Waals surface area contributed by atoms with E-state index in [-0.39, 0.29) is 41.6 Å². The molecule has 0 aliphatic heterocycles. The van der Waals surface area contributed by atoms with E-state index < -0.39 is 16.9 Å². The number of nitro groups is 1. The van der Waals surface area contributed by atoms with Crippen LogP contribution in [0.25, 0.3) is 0 Å². The van der Waals surface area contributed by atoms with Crippen molar-refractivity contribution in [2.75, 3.05) is 7.11 Å². The van der Waals surface area contributed by atoms with Crippen LogP contribution in [0.1, 0.15) is 33.3 Å². The van der Waals surface area contributed by atoms with Crippen LogP contribution in [-0.2, 0) is 27.4 Å². The van der Waals surface area contributed by atoms with Gasteiger partial charge in [0.1, 0.15) is 41.6 Å². The molecule has 2 aromatic heterocycles. The zero-order chi connectivity index (χ0) is 18.7. The van der Waals surface area contributed by atoms with Crippen LogP contribution in [0.3, 0.4) is 0 Å². The molecule has 10 heteroatoms. The number of hydrogen-bond donors (Lipinski definition) is 0. The predicted octanol–water partition coefficient (Wildman–Crippen LogP) is 1.84. The molecule has 0 amide bonds. The summed E-state index contributed by atoms with van der Waals surface area (Å²) in [5, 5.41) is 14.9. The molecular weight excluding hydrogens is 334 g/mol. The first-order valence-electron chi connectivity index (χ1n) is 7.26. The fourth-order valence-corrected chi connectivity index (χ4v) is 2.35. The molecule has 25 heavy (non-hydrogen) atoms. The molecule has 0 N–H and O–H groups in total. The van der Waals surface area contributed by atoms with Crippen molar-refractivity contribution in [1.29, 1.82) is 0 Å². The number of aromatic nitrogens is 2. The Bertz CT molecular complexity index is 835. The average molecular weight is 351 g/mol. The molecule has 0 radical (unpaired) electrons. The van der Waals surface area contributed by atoms with Gasteiger partial charge in [0, 0.05) is 0 Å². The molecule has 0 atom stereocenters. The van der Waals surface area contributed by atoms with Gasteiger partial charge in [0.2, 0.25) is 0 Å². The summed E-state index contributed by atoms with van der Waals surface area (Å²) < 4.78 is 16.2. The standard InChI is InChI=1S/C15H17N3O7/c1-8-14(18(21)22)9(2)17(16-8)6-13(19)24-7-11-5-12(10(3)25-11)15(20)23-4/h5H,6-7H2,1-4H3. The SMILES string of the molecule is COC(=O)c1cc(COC(=O)Cn2nc(C)c([N+](=O)[O-])c2C)oc1C. The van der Waals surface area contributed by atoms with Gasteiger partial charge >= 0.3 is 17.6 Å². The number of furan rings is 1. The zero-order valence-electron chi connectivity index (χ0n) is 14.2. The van der Waals surface area contributed by atoms with E-state index in [0.717, 1.165) is 0 Å². The van der Waals surface area contributed by atoms with Crippen LogP contribution >= 0.6 is 0 Å². The maximum atomic E-state index is 11.9. The Labute approximate surface area is 142 Å². The first-order valence-corrected chi connectivity index (χ1v) is 7.26. The first-order chi connectivity index (χ1) is 11.7. The topological polar surface area (TPSA) is 127 Å². The number of ether oxygens (including phenoxy) is 2. The fraction of sp³-hybridized carbons (Fsp3) is 0.400. The second-order valence-corrected chi connectivity index (χ2v) is 5.27. The lowest BCUT2D eigenvalue weighted by Gasteiger charge is -2.04. The highest BCUT2D eigenvalue weighted by Crippen LogP contribution is 2.22. The normalized spacial score (nSPS) is 10.6. The summed E-state index contributed by atoms with van der Waals surface area (Å²) >= 11 is 0. The van der Waals surface area contributed by atoms with Crippen LogP contribution in [0.5, 0.6) is 0 Å². The van der Waals surface area contributed by atoms with Crippen LogP contribution < -0.4 is 0 Å². The Morgan fingerprint density at radius 3 is 2.60 bits per heavy atom. The third kappa shape index (κ3) is 3.84. The van der Waals surface area contributed by atoms with Gasteiger partial charge in [-0.2, -0.15) is 5.10 Å². The molecule has 134 valence electrons. The third-order valence-electron chi connectivity index (χ3n) is 3.55. The van der Waals surface area contributed by atoms with Gasteiger partial charge < -0.3 is 13.9 Å². The summed E-state index contributed by atoms with van der Waals surface area (Å²) in [5.74, 6) is -0.555. The monoisotopic (exact) mass is 351 g/mol. The molecule has 2 rings (SSSR count). The molecular formula is C15H17N3O7. The van der Waals surface area contributed by atoms with Gasteiger partial charge in [-0.15, -0.1) is 0 Å².